The van der Waals surface area contributed by atoms with Crippen molar-refractivity contribution in [1.82, 2.24) is 4.98 Å². The van der Waals surface area contributed by atoms with Crippen LogP contribution in [-0.2, 0) is 0 Å². The molecule has 1 aromatic heterocycles. The van der Waals surface area contributed by atoms with Crippen LogP contribution < -0.4 is 5.73 Å². The van der Waals surface area contributed by atoms with Gasteiger partial charge in [-0.15, -0.1) is 0 Å². The van der Waals surface area contributed by atoms with Gasteiger partial charge in [0.1, 0.15) is 5.82 Å². The zero-order chi connectivity index (χ0) is 12.6. The van der Waals surface area contributed by atoms with E-state index in [4.69, 9.17) is 5.73 Å². The molecular weight excluding hydrogens is 215 g/mol. The van der Waals surface area contributed by atoms with Crippen LogP contribution in [-0.4, -0.2) is 4.98 Å². The van der Waals surface area contributed by atoms with Gasteiger partial charge < -0.3 is 5.73 Å². The second kappa shape index (κ2) is 4.17. The molecule has 0 radical (unpaired) electrons. The molecule has 0 saturated heterocycles. The molecule has 3 heteroatoms. The van der Waals surface area contributed by atoms with Crippen LogP contribution in [0.2, 0.25) is 0 Å². The van der Waals surface area contributed by atoms with Crippen LogP contribution >= 0.6 is 0 Å². The first-order chi connectivity index (χ1) is 7.99. The molecule has 0 aliphatic rings. The van der Waals surface area contributed by atoms with E-state index in [0.717, 1.165) is 28.1 Å². The summed E-state index contributed by atoms with van der Waals surface area (Å²) in [7, 11) is 0. The fourth-order valence-corrected chi connectivity index (χ4v) is 2.03. The van der Waals surface area contributed by atoms with E-state index in [9.17, 15) is 4.39 Å². The topological polar surface area (TPSA) is 38.9 Å². The average Bonchev–Trinajstić information content (AvgIpc) is 2.21. The molecule has 2 rings (SSSR count). The summed E-state index contributed by atoms with van der Waals surface area (Å²) in [6.07, 6.45) is 0. The third-order valence-corrected chi connectivity index (χ3v) is 2.88. The first-order valence-corrected chi connectivity index (χ1v) is 5.49. The van der Waals surface area contributed by atoms with E-state index in [-0.39, 0.29) is 5.82 Å². The van der Waals surface area contributed by atoms with Crippen LogP contribution in [0.1, 0.15) is 16.8 Å². The summed E-state index contributed by atoms with van der Waals surface area (Å²) in [4.78, 5) is 4.45. The zero-order valence-corrected chi connectivity index (χ0v) is 10.2. The Hall–Kier alpha value is -1.90. The maximum absolute atomic E-state index is 13.2. The lowest BCUT2D eigenvalue weighted by Crippen LogP contribution is -1.97. The molecule has 0 saturated carbocycles. The summed E-state index contributed by atoms with van der Waals surface area (Å²) in [6.45, 7) is 5.64. The van der Waals surface area contributed by atoms with Gasteiger partial charge in [0.15, 0.2) is 0 Å². The van der Waals surface area contributed by atoms with Crippen molar-refractivity contribution >= 4 is 5.69 Å². The van der Waals surface area contributed by atoms with E-state index in [1.54, 1.807) is 0 Å². The molecule has 2 N–H and O–H groups in total. The average molecular weight is 230 g/mol. The molecule has 0 bridgehead atoms. The standard InChI is InChI=1S/C14H15FN2/c1-8-6-11(15)7-9(2)14(8)13-5-4-12(16)10(3)17-13/h4-7H,16H2,1-3H3. The largest absolute Gasteiger partial charge is 0.397 e. The van der Waals surface area contributed by atoms with Gasteiger partial charge in [-0.3, -0.25) is 4.98 Å². The SMILES string of the molecule is Cc1cc(F)cc(C)c1-c1ccc(N)c(C)n1. The highest BCUT2D eigenvalue weighted by Gasteiger charge is 2.09. The van der Waals surface area contributed by atoms with E-state index in [1.165, 1.54) is 12.1 Å². The van der Waals surface area contributed by atoms with Gasteiger partial charge in [0.2, 0.25) is 0 Å². The Morgan fingerprint density at radius 1 is 1.06 bits per heavy atom. The lowest BCUT2D eigenvalue weighted by molar-refractivity contribution is 0.625. The highest BCUT2D eigenvalue weighted by molar-refractivity contribution is 5.69. The van der Waals surface area contributed by atoms with Crippen molar-refractivity contribution < 1.29 is 4.39 Å². The second-order valence-electron chi connectivity index (χ2n) is 4.29. The minimum atomic E-state index is -0.212. The number of benzene rings is 1. The third kappa shape index (κ3) is 2.13. The predicted octanol–water partition coefficient (Wildman–Crippen LogP) is 3.40. The van der Waals surface area contributed by atoms with Crippen LogP contribution in [0.15, 0.2) is 24.3 Å². The number of aryl methyl sites for hydroxylation is 3. The number of hydrogen-bond acceptors (Lipinski definition) is 2. The molecule has 0 unspecified atom stereocenters. The van der Waals surface area contributed by atoms with Crippen LogP contribution in [0.5, 0.6) is 0 Å². The first kappa shape index (κ1) is 11.6. The molecular formula is C14H15FN2. The number of anilines is 1. The van der Waals surface area contributed by atoms with Crippen molar-refractivity contribution in [3.63, 3.8) is 0 Å². The van der Waals surface area contributed by atoms with Crippen molar-refractivity contribution in [2.75, 3.05) is 5.73 Å². The van der Waals surface area contributed by atoms with Crippen molar-refractivity contribution in [2.24, 2.45) is 0 Å². The minimum absolute atomic E-state index is 0.212. The van der Waals surface area contributed by atoms with Gasteiger partial charge in [-0.25, -0.2) is 4.39 Å². The van der Waals surface area contributed by atoms with Crippen molar-refractivity contribution in [1.29, 1.82) is 0 Å². The van der Waals surface area contributed by atoms with Crippen molar-refractivity contribution in [3.05, 3.63) is 46.9 Å². The quantitative estimate of drug-likeness (QED) is 0.815. The Kier molecular flexibility index (Phi) is 2.84. The van der Waals surface area contributed by atoms with Crippen LogP contribution in [0.4, 0.5) is 10.1 Å². The van der Waals surface area contributed by atoms with E-state index < -0.39 is 0 Å². The molecule has 0 atom stereocenters. The predicted molar refractivity (Wildman–Crippen MR) is 68.3 cm³/mol. The van der Waals surface area contributed by atoms with E-state index >= 15 is 0 Å². The Bertz CT molecular complexity index is 553. The normalized spacial score (nSPS) is 10.6. The number of rotatable bonds is 1. The number of halogens is 1. The Labute approximate surface area is 100 Å². The van der Waals surface area contributed by atoms with Gasteiger partial charge in [0.25, 0.3) is 0 Å². The molecule has 2 aromatic rings. The second-order valence-corrected chi connectivity index (χ2v) is 4.29. The van der Waals surface area contributed by atoms with Crippen molar-refractivity contribution in [2.45, 2.75) is 20.8 Å². The molecule has 17 heavy (non-hydrogen) atoms. The number of aromatic nitrogens is 1. The Morgan fingerprint density at radius 2 is 1.65 bits per heavy atom. The fourth-order valence-electron chi connectivity index (χ4n) is 2.03. The molecule has 0 aliphatic heterocycles. The zero-order valence-electron chi connectivity index (χ0n) is 10.2. The van der Waals surface area contributed by atoms with Crippen LogP contribution in [0.25, 0.3) is 11.3 Å². The summed E-state index contributed by atoms with van der Waals surface area (Å²) < 4.78 is 13.2. The lowest BCUT2D eigenvalue weighted by atomic mass is 9.99. The number of pyridine rings is 1. The van der Waals surface area contributed by atoms with Gasteiger partial charge >= 0.3 is 0 Å². The van der Waals surface area contributed by atoms with Gasteiger partial charge in [0.05, 0.1) is 17.1 Å². The van der Waals surface area contributed by atoms with E-state index in [2.05, 4.69) is 4.98 Å². The molecule has 0 aliphatic carbocycles. The maximum Gasteiger partial charge on any atom is 0.123 e. The summed E-state index contributed by atoms with van der Waals surface area (Å²) in [5.74, 6) is -0.212. The number of nitrogens with zero attached hydrogens (tertiary/aromatic N) is 1. The Balaban J connectivity index is 2.64. The number of hydrogen-bond donors (Lipinski definition) is 1. The van der Waals surface area contributed by atoms with E-state index in [0.29, 0.717) is 5.69 Å². The van der Waals surface area contributed by atoms with Crippen LogP contribution in [0, 0.1) is 26.6 Å². The third-order valence-electron chi connectivity index (χ3n) is 2.88. The molecule has 1 aromatic carbocycles. The molecule has 2 nitrogen and oxygen atoms in total. The summed E-state index contributed by atoms with van der Waals surface area (Å²) >= 11 is 0. The number of nitrogens with two attached hydrogens (primary N) is 1. The smallest absolute Gasteiger partial charge is 0.123 e. The molecule has 1 heterocycles. The highest BCUT2D eigenvalue weighted by Crippen LogP contribution is 2.27. The molecule has 0 spiro atoms. The Morgan fingerprint density at radius 3 is 2.18 bits per heavy atom. The summed E-state index contributed by atoms with van der Waals surface area (Å²) in [5.41, 5.74) is 10.8. The van der Waals surface area contributed by atoms with Crippen molar-refractivity contribution in [3.8, 4) is 11.3 Å². The maximum atomic E-state index is 13.2. The van der Waals surface area contributed by atoms with Crippen LogP contribution in [0.3, 0.4) is 0 Å². The summed E-state index contributed by atoms with van der Waals surface area (Å²) in [5, 5.41) is 0. The lowest BCUT2D eigenvalue weighted by Gasteiger charge is -2.11. The summed E-state index contributed by atoms with van der Waals surface area (Å²) in [6, 6.07) is 6.75. The fraction of sp³-hybridized carbons (Fsp3) is 0.214. The first-order valence-electron chi connectivity index (χ1n) is 5.49. The monoisotopic (exact) mass is 230 g/mol. The minimum Gasteiger partial charge on any atom is -0.397 e. The molecule has 0 amide bonds. The molecule has 0 fully saturated rings. The van der Waals surface area contributed by atoms with Gasteiger partial charge in [-0.1, -0.05) is 0 Å². The van der Waals surface area contributed by atoms with Gasteiger partial charge in [0, 0.05) is 5.56 Å². The van der Waals surface area contributed by atoms with E-state index in [1.807, 2.05) is 32.9 Å². The van der Waals surface area contributed by atoms with Gasteiger partial charge in [-0.05, 0) is 56.2 Å². The number of nitrogen functional groups attached to an aromatic ring is 1. The highest BCUT2D eigenvalue weighted by atomic mass is 19.1. The van der Waals surface area contributed by atoms with Gasteiger partial charge in [-0.2, -0.15) is 0 Å². The molecule has 88 valence electrons.